The minimum absolute atomic E-state index is 0.122. The third-order valence-corrected chi connectivity index (χ3v) is 7.74. The molecule has 3 atom stereocenters. The van der Waals surface area contributed by atoms with Crippen LogP contribution in [0.2, 0.25) is 5.02 Å². The fraction of sp³-hybridized carbons (Fsp3) is 0.395. The van der Waals surface area contributed by atoms with Crippen molar-refractivity contribution in [2.75, 3.05) is 7.11 Å². The van der Waals surface area contributed by atoms with Crippen LogP contribution < -0.4 is 26.0 Å². The Morgan fingerprint density at radius 1 is 0.830 bits per heavy atom. The normalized spacial score (nSPS) is 12.9. The number of nitrogens with one attached hydrogen (secondary N) is 4. The molecule has 0 aliphatic carbocycles. The predicted octanol–water partition coefficient (Wildman–Crippen LogP) is 6.48. The molecule has 53 heavy (non-hydrogen) atoms. The zero-order valence-corrected chi connectivity index (χ0v) is 31.4. The van der Waals surface area contributed by atoms with Crippen LogP contribution in [0.25, 0.3) is 0 Å². The van der Waals surface area contributed by atoms with Gasteiger partial charge in [-0.1, -0.05) is 67.9 Å². The Balaban J connectivity index is 0.00000149. The van der Waals surface area contributed by atoms with E-state index in [4.69, 9.17) is 25.9 Å². The molecule has 3 rings (SSSR count). The molecule has 15 heteroatoms. The number of aldehydes is 1. The Kier molecular flexibility index (Phi) is 16.8. The lowest BCUT2D eigenvalue weighted by Gasteiger charge is -2.26. The predicted molar refractivity (Wildman–Crippen MR) is 194 cm³/mol. The molecule has 288 valence electrons. The van der Waals surface area contributed by atoms with Gasteiger partial charge < -0.3 is 30.7 Å². The molecule has 0 aliphatic rings. The molecular formula is C38H46ClF3N4O7. The van der Waals surface area contributed by atoms with Gasteiger partial charge in [-0.25, -0.2) is 4.79 Å². The van der Waals surface area contributed by atoms with Crippen LogP contribution in [0, 0.1) is 5.92 Å². The first-order valence-electron chi connectivity index (χ1n) is 16.6. The van der Waals surface area contributed by atoms with Gasteiger partial charge in [-0.2, -0.15) is 13.2 Å². The molecule has 0 heterocycles. The van der Waals surface area contributed by atoms with E-state index in [2.05, 4.69) is 21.3 Å². The minimum atomic E-state index is -4.64. The summed E-state index contributed by atoms with van der Waals surface area (Å²) in [6.45, 7) is 11.5. The van der Waals surface area contributed by atoms with Crippen LogP contribution in [-0.2, 0) is 32.1 Å². The summed E-state index contributed by atoms with van der Waals surface area (Å²) in [6.07, 6.45) is -6.11. The quantitative estimate of drug-likeness (QED) is 0.146. The average molecular weight is 763 g/mol. The largest absolute Gasteiger partial charge is 0.497 e. The van der Waals surface area contributed by atoms with Crippen LogP contribution in [0.5, 0.6) is 5.75 Å². The van der Waals surface area contributed by atoms with Crippen molar-refractivity contribution < 1.29 is 46.6 Å². The summed E-state index contributed by atoms with van der Waals surface area (Å²) in [5.41, 5.74) is 1.79. The van der Waals surface area contributed by atoms with Gasteiger partial charge in [0.2, 0.25) is 18.1 Å². The Bertz CT molecular complexity index is 1680. The molecule has 4 N–H and O–H groups in total. The monoisotopic (exact) mass is 762 g/mol. The van der Waals surface area contributed by atoms with Gasteiger partial charge in [0.15, 0.2) is 0 Å². The maximum absolute atomic E-state index is 14.0. The summed E-state index contributed by atoms with van der Waals surface area (Å²) in [7, 11) is 1.54. The molecule has 11 nitrogen and oxygen atoms in total. The van der Waals surface area contributed by atoms with Crippen molar-refractivity contribution in [3.05, 3.63) is 100 Å². The number of alkyl carbamates (subject to hydrolysis) is 1. The van der Waals surface area contributed by atoms with Gasteiger partial charge in [0, 0.05) is 29.6 Å². The number of methoxy groups -OCH3 is 1. The third-order valence-electron chi connectivity index (χ3n) is 7.51. The number of halogens is 4. The van der Waals surface area contributed by atoms with Crippen molar-refractivity contribution >= 4 is 41.7 Å². The first kappa shape index (κ1) is 44.1. The van der Waals surface area contributed by atoms with E-state index >= 15 is 0 Å². The average Bonchev–Trinajstić information content (AvgIpc) is 3.09. The van der Waals surface area contributed by atoms with Crippen molar-refractivity contribution in [1.82, 2.24) is 21.3 Å². The van der Waals surface area contributed by atoms with Crippen LogP contribution in [0.4, 0.5) is 18.0 Å². The molecule has 3 aromatic carbocycles. The molecule has 3 aromatic rings. The second-order valence-corrected chi connectivity index (χ2v) is 13.8. The first-order chi connectivity index (χ1) is 24.7. The smallest absolute Gasteiger partial charge is 0.446 e. The van der Waals surface area contributed by atoms with E-state index in [-0.39, 0.29) is 36.4 Å². The van der Waals surface area contributed by atoms with Crippen LogP contribution in [0.1, 0.15) is 74.6 Å². The third kappa shape index (κ3) is 16.4. The Morgan fingerprint density at radius 3 is 1.92 bits per heavy atom. The number of carbonyl (C=O) groups excluding carboxylic acids is 5. The Labute approximate surface area is 312 Å². The number of carbonyl (C=O) groups is 5. The van der Waals surface area contributed by atoms with Gasteiger partial charge in [-0.05, 0) is 80.6 Å². The van der Waals surface area contributed by atoms with Gasteiger partial charge in [0.05, 0.1) is 7.11 Å². The van der Waals surface area contributed by atoms with Gasteiger partial charge in [-0.15, -0.1) is 0 Å². The Morgan fingerprint density at radius 2 is 1.42 bits per heavy atom. The minimum Gasteiger partial charge on any atom is -0.497 e. The van der Waals surface area contributed by atoms with E-state index in [1.165, 1.54) is 6.07 Å². The highest BCUT2D eigenvalue weighted by Gasteiger charge is 2.30. The summed E-state index contributed by atoms with van der Waals surface area (Å²) in [4.78, 5) is 61.5. The summed E-state index contributed by atoms with van der Waals surface area (Å²) < 4.78 is 41.8. The number of rotatable bonds is 13. The van der Waals surface area contributed by atoms with Gasteiger partial charge in [0.1, 0.15) is 23.4 Å². The zero-order chi connectivity index (χ0) is 39.9. The fourth-order valence-electron chi connectivity index (χ4n) is 4.41. The van der Waals surface area contributed by atoms with Crippen LogP contribution in [-0.4, -0.2) is 61.1 Å². The number of benzene rings is 3. The molecule has 0 aliphatic heterocycles. The summed E-state index contributed by atoms with van der Waals surface area (Å²) in [6, 6.07) is 18.3. The summed E-state index contributed by atoms with van der Waals surface area (Å²) in [5, 5.41) is 11.8. The van der Waals surface area contributed by atoms with Gasteiger partial charge in [0.25, 0.3) is 5.91 Å². The van der Waals surface area contributed by atoms with E-state index in [1.807, 2.05) is 45.0 Å². The maximum atomic E-state index is 14.0. The van der Waals surface area contributed by atoms with E-state index in [0.717, 1.165) is 11.1 Å². The highest BCUT2D eigenvalue weighted by atomic mass is 35.5. The number of ether oxygens (including phenoxy) is 2. The molecule has 1 unspecified atom stereocenters. The molecule has 0 saturated carbocycles. The van der Waals surface area contributed by atoms with E-state index < -0.39 is 48.1 Å². The standard InChI is InChI=1S/C36H45ClN4O6.C2HF3O/c1-22(2)23(3)39-34(44)31(26-15-17-29(46-7)18-16-26)41-33(43)30(40-32(42)27-9-8-10-28(37)20-27)19-24-11-13-25(14-12-24)21-38-35(45)47-36(4,5)6;3-2(4,5)1-6/h8-18,20,22-23,30-31H,19,21H2,1-7H3,(H,38,45)(H,39,44)(H,40,42)(H,41,43);1H/t23-,30+,31?;/m1./s1. The van der Waals surface area contributed by atoms with Crippen molar-refractivity contribution in [1.29, 1.82) is 0 Å². The molecule has 4 amide bonds. The topological polar surface area (TPSA) is 152 Å². The lowest BCUT2D eigenvalue weighted by Crippen LogP contribution is -2.52. The van der Waals surface area contributed by atoms with Crippen molar-refractivity contribution in [2.24, 2.45) is 5.92 Å². The second kappa shape index (κ2) is 20.2. The van der Waals surface area contributed by atoms with Crippen LogP contribution in [0.15, 0.2) is 72.8 Å². The molecule has 0 spiro atoms. The lowest BCUT2D eigenvalue weighted by molar-refractivity contribution is -0.156. The number of alkyl halides is 3. The van der Waals surface area contributed by atoms with Gasteiger partial charge in [-0.3, -0.25) is 19.2 Å². The van der Waals surface area contributed by atoms with Crippen molar-refractivity contribution in [3.8, 4) is 5.75 Å². The number of amides is 4. The number of hydrogen-bond acceptors (Lipinski definition) is 7. The van der Waals surface area contributed by atoms with Crippen molar-refractivity contribution in [3.63, 3.8) is 0 Å². The molecular weight excluding hydrogens is 717 g/mol. The lowest BCUT2D eigenvalue weighted by atomic mass is 10.0. The highest BCUT2D eigenvalue weighted by Crippen LogP contribution is 2.20. The zero-order valence-electron chi connectivity index (χ0n) is 30.6. The molecule has 0 aromatic heterocycles. The molecule has 0 radical (unpaired) electrons. The first-order valence-corrected chi connectivity index (χ1v) is 17.0. The molecule has 0 bridgehead atoms. The highest BCUT2D eigenvalue weighted by molar-refractivity contribution is 6.31. The number of hydrogen-bond donors (Lipinski definition) is 4. The Hall–Kier alpha value is -5.11. The summed E-state index contributed by atoms with van der Waals surface area (Å²) in [5.74, 6) is -0.662. The van der Waals surface area contributed by atoms with E-state index in [0.29, 0.717) is 16.3 Å². The van der Waals surface area contributed by atoms with E-state index in [1.54, 1.807) is 70.3 Å². The molecule has 0 saturated heterocycles. The van der Waals surface area contributed by atoms with Gasteiger partial charge >= 0.3 is 12.3 Å². The fourth-order valence-corrected chi connectivity index (χ4v) is 4.60. The summed E-state index contributed by atoms with van der Waals surface area (Å²) >= 11 is 6.12. The molecule has 0 fully saturated rings. The van der Waals surface area contributed by atoms with E-state index in [9.17, 15) is 32.3 Å². The van der Waals surface area contributed by atoms with Crippen LogP contribution >= 0.6 is 11.6 Å². The second-order valence-electron chi connectivity index (χ2n) is 13.3. The van der Waals surface area contributed by atoms with Crippen LogP contribution in [0.3, 0.4) is 0 Å². The van der Waals surface area contributed by atoms with Crippen molar-refractivity contribution in [2.45, 2.75) is 84.4 Å². The SMILES string of the molecule is COc1ccc(C(NC(=O)[C@H](Cc2ccc(CNC(=O)OC(C)(C)C)cc2)NC(=O)c2cccc(Cl)c2)C(=O)N[C@H](C)C(C)C)cc1.O=CC(F)(F)F. The maximum Gasteiger partial charge on any atom is 0.446 e.